The Hall–Kier alpha value is -2.09. The van der Waals surface area contributed by atoms with Crippen molar-refractivity contribution in [3.8, 4) is 0 Å². The van der Waals surface area contributed by atoms with Crippen molar-refractivity contribution in [2.75, 3.05) is 0 Å². The van der Waals surface area contributed by atoms with E-state index in [-0.39, 0.29) is 16.7 Å². The molecule has 0 aliphatic carbocycles. The molecule has 2 heterocycles. The highest BCUT2D eigenvalue weighted by Gasteiger charge is 2.11. The highest BCUT2D eigenvalue weighted by atomic mass is 32.2. The summed E-state index contributed by atoms with van der Waals surface area (Å²) in [7, 11) is 1.55. The fourth-order valence-corrected chi connectivity index (χ4v) is 1.96. The van der Waals surface area contributed by atoms with Crippen molar-refractivity contribution in [3.05, 3.63) is 38.6 Å². The van der Waals surface area contributed by atoms with Crippen molar-refractivity contribution in [3.63, 3.8) is 0 Å². The van der Waals surface area contributed by atoms with Gasteiger partial charge in [0, 0.05) is 14.0 Å². The van der Waals surface area contributed by atoms with Gasteiger partial charge in [-0.05, 0) is 23.9 Å². The van der Waals surface area contributed by atoms with Gasteiger partial charge in [-0.25, -0.2) is 0 Å². The molecular weight excluding hydrogens is 258 g/mol. The Morgan fingerprint density at radius 1 is 1.44 bits per heavy atom. The molecule has 0 saturated heterocycles. The molecule has 0 aliphatic rings. The van der Waals surface area contributed by atoms with Crippen LogP contribution in [0.15, 0.2) is 36.4 Å². The minimum atomic E-state index is -0.867. The number of H-pyrrole nitrogens is 1. The van der Waals surface area contributed by atoms with E-state index in [1.807, 2.05) is 0 Å². The molecule has 2 rings (SSSR count). The van der Waals surface area contributed by atoms with Gasteiger partial charge in [-0.3, -0.25) is 24.2 Å². The summed E-state index contributed by atoms with van der Waals surface area (Å²) in [5.74, 6) is 0.0390. The molecule has 94 valence electrons. The first-order valence-electron chi connectivity index (χ1n) is 4.93. The zero-order valence-electron chi connectivity index (χ0n) is 9.59. The predicted molar refractivity (Wildman–Crippen MR) is 62.9 cm³/mol. The van der Waals surface area contributed by atoms with E-state index >= 15 is 0 Å². The fraction of sp³-hybridized carbons (Fsp3) is 0.200. The summed E-state index contributed by atoms with van der Waals surface area (Å²) in [6.45, 7) is 1.39. The van der Waals surface area contributed by atoms with Crippen LogP contribution in [-0.4, -0.2) is 20.5 Å². The third-order valence-electron chi connectivity index (χ3n) is 2.07. The summed E-state index contributed by atoms with van der Waals surface area (Å²) < 4.78 is 6.55. The lowest BCUT2D eigenvalue weighted by Gasteiger charge is -2.03. The molecule has 1 N–H and O–H groups in total. The highest BCUT2D eigenvalue weighted by molar-refractivity contribution is 7.99. The number of nitrogens with one attached hydrogen (secondary N) is 1. The van der Waals surface area contributed by atoms with Gasteiger partial charge in [0.05, 0.1) is 0 Å². The van der Waals surface area contributed by atoms with Crippen LogP contribution in [0.1, 0.15) is 17.5 Å². The monoisotopic (exact) mass is 267 g/mol. The summed E-state index contributed by atoms with van der Waals surface area (Å²) in [4.78, 5) is 36.8. The molecule has 0 fully saturated rings. The minimum absolute atomic E-state index is 0.190. The maximum atomic E-state index is 11.1. The topological polar surface area (TPSA) is 98.0 Å². The lowest BCUT2D eigenvalue weighted by atomic mass is 10.3. The van der Waals surface area contributed by atoms with Crippen molar-refractivity contribution in [1.82, 2.24) is 14.8 Å². The van der Waals surface area contributed by atoms with E-state index in [1.165, 1.54) is 17.7 Å². The van der Waals surface area contributed by atoms with E-state index in [0.717, 1.165) is 11.8 Å². The molecule has 8 heteroatoms. The molecule has 0 aliphatic heterocycles. The number of aromatic amines is 1. The molecule has 18 heavy (non-hydrogen) atoms. The number of rotatable bonds is 3. The molecule has 0 amide bonds. The fourth-order valence-electron chi connectivity index (χ4n) is 1.21. The molecule has 2 aromatic rings. The number of Topliss-reactive ketones (excluding diaryl/α,β-unsaturated/α-hetero) is 1. The Bertz CT molecular complexity index is 712. The molecule has 0 unspecified atom stereocenters. The SMILES string of the molecule is CC(=O)c1ccc(Sc2nc(=O)c(=O)[nH]n2C)o1. The number of hydrogen-bond donors (Lipinski definition) is 1. The van der Waals surface area contributed by atoms with E-state index in [1.54, 1.807) is 13.1 Å². The smallest absolute Gasteiger partial charge is 0.339 e. The first-order valence-corrected chi connectivity index (χ1v) is 5.75. The van der Waals surface area contributed by atoms with Gasteiger partial charge in [-0.2, -0.15) is 4.98 Å². The van der Waals surface area contributed by atoms with Crippen molar-refractivity contribution in [2.45, 2.75) is 17.2 Å². The number of aromatic nitrogens is 3. The van der Waals surface area contributed by atoms with Crippen molar-refractivity contribution < 1.29 is 9.21 Å². The van der Waals surface area contributed by atoms with Crippen LogP contribution in [0.25, 0.3) is 0 Å². The lowest BCUT2D eigenvalue weighted by Crippen LogP contribution is -2.33. The van der Waals surface area contributed by atoms with Crippen molar-refractivity contribution in [1.29, 1.82) is 0 Å². The Morgan fingerprint density at radius 3 is 2.78 bits per heavy atom. The van der Waals surface area contributed by atoms with E-state index in [0.29, 0.717) is 5.09 Å². The molecule has 0 aromatic carbocycles. The highest BCUT2D eigenvalue weighted by Crippen LogP contribution is 2.26. The number of carbonyl (C=O) groups excluding carboxylic acids is 1. The number of nitrogens with zero attached hydrogens (tertiary/aromatic N) is 2. The van der Waals surface area contributed by atoms with Crippen LogP contribution in [0.3, 0.4) is 0 Å². The predicted octanol–water partition coefficient (Wildman–Crippen LogP) is 0.415. The van der Waals surface area contributed by atoms with E-state index in [4.69, 9.17) is 4.42 Å². The second-order valence-corrected chi connectivity index (χ2v) is 4.45. The average Bonchev–Trinajstić information content (AvgIpc) is 2.74. The Morgan fingerprint density at radius 2 is 2.17 bits per heavy atom. The third-order valence-corrected chi connectivity index (χ3v) is 3.04. The number of carbonyl (C=O) groups is 1. The Kier molecular flexibility index (Phi) is 3.19. The third kappa shape index (κ3) is 2.43. The number of hydrogen-bond acceptors (Lipinski definition) is 6. The molecule has 7 nitrogen and oxygen atoms in total. The molecular formula is C10H9N3O4S. The van der Waals surface area contributed by atoms with E-state index in [2.05, 4.69) is 10.1 Å². The van der Waals surface area contributed by atoms with Gasteiger partial charge >= 0.3 is 11.1 Å². The van der Waals surface area contributed by atoms with Gasteiger partial charge < -0.3 is 4.42 Å². The maximum absolute atomic E-state index is 11.1. The quantitative estimate of drug-likeness (QED) is 0.639. The largest absolute Gasteiger partial charge is 0.446 e. The van der Waals surface area contributed by atoms with E-state index < -0.39 is 11.1 Å². The van der Waals surface area contributed by atoms with E-state index in [9.17, 15) is 14.4 Å². The van der Waals surface area contributed by atoms with Gasteiger partial charge in [-0.1, -0.05) is 0 Å². The standard InChI is InChI=1S/C10H9N3O4S/c1-5(14)6-3-4-7(17-6)18-10-11-8(15)9(16)12-13(10)2/h3-4H,1-2H3,(H,12,16). The van der Waals surface area contributed by atoms with Gasteiger partial charge in [0.1, 0.15) is 0 Å². The molecule has 0 bridgehead atoms. The minimum Gasteiger partial charge on any atom is -0.446 e. The van der Waals surface area contributed by atoms with Crippen LogP contribution in [0.2, 0.25) is 0 Å². The first kappa shape index (κ1) is 12.4. The van der Waals surface area contributed by atoms with Crippen LogP contribution >= 0.6 is 11.8 Å². The van der Waals surface area contributed by atoms with Crippen LogP contribution in [0.4, 0.5) is 0 Å². The van der Waals surface area contributed by atoms with Gasteiger partial charge in [-0.15, -0.1) is 0 Å². The van der Waals surface area contributed by atoms with Gasteiger partial charge in [0.2, 0.25) is 0 Å². The zero-order valence-corrected chi connectivity index (χ0v) is 10.4. The van der Waals surface area contributed by atoms with Crippen LogP contribution in [0.5, 0.6) is 0 Å². The van der Waals surface area contributed by atoms with Crippen LogP contribution in [0, 0.1) is 0 Å². The second-order valence-electron chi connectivity index (χ2n) is 3.48. The summed E-state index contributed by atoms with van der Waals surface area (Å²) in [5.41, 5.74) is -1.65. The summed E-state index contributed by atoms with van der Waals surface area (Å²) in [6, 6.07) is 3.13. The van der Waals surface area contributed by atoms with Gasteiger partial charge in [0.15, 0.2) is 21.8 Å². The van der Waals surface area contributed by atoms with Crippen LogP contribution in [-0.2, 0) is 7.05 Å². The van der Waals surface area contributed by atoms with Crippen LogP contribution < -0.4 is 11.1 Å². The Balaban J connectivity index is 2.34. The van der Waals surface area contributed by atoms with Crippen molar-refractivity contribution in [2.24, 2.45) is 7.05 Å². The molecule has 2 aromatic heterocycles. The zero-order chi connectivity index (χ0) is 13.3. The summed E-state index contributed by atoms with van der Waals surface area (Å²) >= 11 is 1.04. The summed E-state index contributed by atoms with van der Waals surface area (Å²) in [5, 5.41) is 2.99. The molecule has 0 radical (unpaired) electrons. The average molecular weight is 267 g/mol. The van der Waals surface area contributed by atoms with Gasteiger partial charge in [0.25, 0.3) is 0 Å². The molecule has 0 saturated carbocycles. The maximum Gasteiger partial charge on any atom is 0.339 e. The lowest BCUT2D eigenvalue weighted by molar-refractivity contribution is 0.0982. The number of ketones is 1. The molecule has 0 spiro atoms. The first-order chi connectivity index (χ1) is 8.47. The number of aryl methyl sites for hydroxylation is 1. The summed E-state index contributed by atoms with van der Waals surface area (Å²) in [6.07, 6.45) is 0. The van der Waals surface area contributed by atoms with Crippen molar-refractivity contribution >= 4 is 17.5 Å². The molecule has 0 atom stereocenters. The number of furan rings is 1. The normalized spacial score (nSPS) is 10.6. The second kappa shape index (κ2) is 4.65. The Labute approximate surface area is 105 Å².